The Hall–Kier alpha value is -2.61. The van der Waals surface area contributed by atoms with Crippen LogP contribution < -0.4 is 0 Å². The summed E-state index contributed by atoms with van der Waals surface area (Å²) in [7, 11) is 0. The Bertz CT molecular complexity index is 738. The Morgan fingerprint density at radius 2 is 2.20 bits per heavy atom. The Morgan fingerprint density at radius 3 is 2.75 bits per heavy atom. The van der Waals surface area contributed by atoms with Gasteiger partial charge in [-0.05, 0) is 38.5 Å². The standard InChI is InChI=1S/C15H14FN3O/c1-4-9(2)15-12(8-17)10(3)18-19(15)14-6-5-11(20)7-13(14)16/h4-7,20H,1-3H3/b9-4+. The van der Waals surface area contributed by atoms with E-state index in [2.05, 4.69) is 11.2 Å². The van der Waals surface area contributed by atoms with Gasteiger partial charge >= 0.3 is 0 Å². The first kappa shape index (κ1) is 13.8. The first-order chi connectivity index (χ1) is 9.49. The van der Waals surface area contributed by atoms with Crippen LogP contribution in [0, 0.1) is 24.1 Å². The predicted molar refractivity (Wildman–Crippen MR) is 74.0 cm³/mol. The quantitative estimate of drug-likeness (QED) is 0.911. The van der Waals surface area contributed by atoms with Gasteiger partial charge in [0.25, 0.3) is 0 Å². The Balaban J connectivity index is 2.78. The van der Waals surface area contributed by atoms with Crippen LogP contribution >= 0.6 is 0 Å². The molecule has 102 valence electrons. The molecular formula is C15H14FN3O. The third kappa shape index (κ3) is 2.16. The number of aryl methyl sites for hydroxylation is 1. The zero-order valence-corrected chi connectivity index (χ0v) is 11.5. The number of phenolic OH excluding ortho intramolecular Hbond substituents is 1. The topological polar surface area (TPSA) is 61.8 Å². The van der Waals surface area contributed by atoms with E-state index in [0.717, 1.165) is 11.6 Å². The van der Waals surface area contributed by atoms with Gasteiger partial charge in [-0.25, -0.2) is 9.07 Å². The van der Waals surface area contributed by atoms with Gasteiger partial charge in [-0.2, -0.15) is 10.4 Å². The van der Waals surface area contributed by atoms with Crippen LogP contribution in [0.3, 0.4) is 0 Å². The molecule has 0 atom stereocenters. The van der Waals surface area contributed by atoms with E-state index < -0.39 is 5.82 Å². The van der Waals surface area contributed by atoms with Crippen LogP contribution in [-0.4, -0.2) is 14.9 Å². The normalized spacial score (nSPS) is 11.4. The first-order valence-electron chi connectivity index (χ1n) is 6.11. The van der Waals surface area contributed by atoms with Crippen molar-refractivity contribution in [2.75, 3.05) is 0 Å². The highest BCUT2D eigenvalue weighted by atomic mass is 19.1. The van der Waals surface area contributed by atoms with Crippen molar-refractivity contribution >= 4 is 5.57 Å². The van der Waals surface area contributed by atoms with Crippen molar-refractivity contribution in [2.45, 2.75) is 20.8 Å². The van der Waals surface area contributed by atoms with Gasteiger partial charge in [0.2, 0.25) is 0 Å². The molecule has 1 N–H and O–H groups in total. The molecule has 0 aliphatic heterocycles. The summed E-state index contributed by atoms with van der Waals surface area (Å²) in [6.07, 6.45) is 1.84. The highest BCUT2D eigenvalue weighted by Gasteiger charge is 2.19. The van der Waals surface area contributed by atoms with E-state index in [0.29, 0.717) is 17.0 Å². The summed E-state index contributed by atoms with van der Waals surface area (Å²) in [6, 6.07) is 5.95. The molecule has 0 radical (unpaired) electrons. The molecule has 0 saturated carbocycles. The number of benzene rings is 1. The lowest BCUT2D eigenvalue weighted by molar-refractivity contribution is 0.468. The van der Waals surface area contributed by atoms with Gasteiger partial charge in [0.15, 0.2) is 5.82 Å². The molecule has 0 bridgehead atoms. The van der Waals surface area contributed by atoms with Gasteiger partial charge in [-0.15, -0.1) is 0 Å². The van der Waals surface area contributed by atoms with Crippen LogP contribution in [0.15, 0.2) is 24.3 Å². The molecule has 0 aliphatic rings. The number of halogens is 1. The highest BCUT2D eigenvalue weighted by molar-refractivity contribution is 5.69. The molecule has 0 unspecified atom stereocenters. The maximum atomic E-state index is 14.0. The molecule has 5 heteroatoms. The van der Waals surface area contributed by atoms with Crippen LogP contribution in [-0.2, 0) is 0 Å². The molecule has 1 aromatic carbocycles. The average Bonchev–Trinajstić information content (AvgIpc) is 2.74. The maximum Gasteiger partial charge on any atom is 0.152 e. The molecule has 0 spiro atoms. The second-order valence-electron chi connectivity index (χ2n) is 4.44. The molecule has 1 heterocycles. The van der Waals surface area contributed by atoms with Gasteiger partial charge in [0, 0.05) is 6.07 Å². The van der Waals surface area contributed by atoms with E-state index in [1.807, 2.05) is 19.9 Å². The van der Waals surface area contributed by atoms with Crippen molar-refractivity contribution in [1.82, 2.24) is 9.78 Å². The van der Waals surface area contributed by atoms with Gasteiger partial charge in [-0.3, -0.25) is 0 Å². The van der Waals surface area contributed by atoms with E-state index in [-0.39, 0.29) is 11.4 Å². The van der Waals surface area contributed by atoms with E-state index in [1.165, 1.54) is 16.8 Å². The van der Waals surface area contributed by atoms with Crippen molar-refractivity contribution in [3.8, 4) is 17.5 Å². The van der Waals surface area contributed by atoms with Crippen LogP contribution in [0.4, 0.5) is 4.39 Å². The van der Waals surface area contributed by atoms with Crippen molar-refractivity contribution in [2.24, 2.45) is 0 Å². The molecule has 0 fully saturated rings. The Morgan fingerprint density at radius 1 is 1.50 bits per heavy atom. The zero-order valence-electron chi connectivity index (χ0n) is 11.5. The lowest BCUT2D eigenvalue weighted by Gasteiger charge is -2.09. The minimum atomic E-state index is -0.595. The summed E-state index contributed by atoms with van der Waals surface area (Å²) in [5.41, 5.74) is 2.56. The van der Waals surface area contributed by atoms with Crippen molar-refractivity contribution in [1.29, 1.82) is 5.26 Å². The lowest BCUT2D eigenvalue weighted by Crippen LogP contribution is -2.04. The molecule has 1 aromatic heterocycles. The fourth-order valence-electron chi connectivity index (χ4n) is 2.00. The fraction of sp³-hybridized carbons (Fsp3) is 0.200. The van der Waals surface area contributed by atoms with Gasteiger partial charge in [0.1, 0.15) is 23.1 Å². The van der Waals surface area contributed by atoms with Crippen LogP contribution in [0.2, 0.25) is 0 Å². The summed E-state index contributed by atoms with van der Waals surface area (Å²) in [5.74, 6) is -0.748. The third-order valence-electron chi connectivity index (χ3n) is 3.14. The number of aromatic nitrogens is 2. The molecule has 2 rings (SSSR count). The number of phenols is 1. The van der Waals surface area contributed by atoms with Gasteiger partial charge in [-0.1, -0.05) is 6.08 Å². The highest BCUT2D eigenvalue weighted by Crippen LogP contribution is 2.27. The monoisotopic (exact) mass is 271 g/mol. The number of hydrogen-bond donors (Lipinski definition) is 1. The molecule has 4 nitrogen and oxygen atoms in total. The second-order valence-corrected chi connectivity index (χ2v) is 4.44. The number of hydrogen-bond acceptors (Lipinski definition) is 3. The van der Waals surface area contributed by atoms with Crippen LogP contribution in [0.1, 0.15) is 30.8 Å². The van der Waals surface area contributed by atoms with Crippen molar-refractivity contribution < 1.29 is 9.50 Å². The van der Waals surface area contributed by atoms with Crippen LogP contribution in [0.5, 0.6) is 5.75 Å². The largest absolute Gasteiger partial charge is 0.508 e. The predicted octanol–water partition coefficient (Wildman–Crippen LogP) is 3.32. The Labute approximate surface area is 116 Å². The number of aromatic hydroxyl groups is 1. The zero-order chi connectivity index (χ0) is 14.9. The van der Waals surface area contributed by atoms with Crippen molar-refractivity contribution in [3.05, 3.63) is 47.0 Å². The Kier molecular flexibility index (Phi) is 3.57. The number of nitrogens with zero attached hydrogens (tertiary/aromatic N) is 3. The summed E-state index contributed by atoms with van der Waals surface area (Å²) < 4.78 is 15.4. The average molecular weight is 271 g/mol. The first-order valence-corrected chi connectivity index (χ1v) is 6.11. The van der Waals surface area contributed by atoms with Gasteiger partial charge in [0.05, 0.1) is 11.4 Å². The summed E-state index contributed by atoms with van der Waals surface area (Å²) in [6.45, 7) is 5.39. The van der Waals surface area contributed by atoms with E-state index in [1.54, 1.807) is 6.92 Å². The molecular weight excluding hydrogens is 257 g/mol. The molecule has 0 amide bonds. The van der Waals surface area contributed by atoms with Crippen LogP contribution in [0.25, 0.3) is 11.3 Å². The molecule has 2 aromatic rings. The van der Waals surface area contributed by atoms with E-state index in [4.69, 9.17) is 0 Å². The smallest absolute Gasteiger partial charge is 0.152 e. The number of allylic oxidation sites excluding steroid dienone is 2. The molecule has 20 heavy (non-hydrogen) atoms. The molecule has 0 saturated heterocycles. The summed E-state index contributed by atoms with van der Waals surface area (Å²) in [4.78, 5) is 0. The number of nitriles is 1. The number of rotatable bonds is 2. The summed E-state index contributed by atoms with van der Waals surface area (Å²) >= 11 is 0. The van der Waals surface area contributed by atoms with E-state index in [9.17, 15) is 14.8 Å². The van der Waals surface area contributed by atoms with Gasteiger partial charge < -0.3 is 5.11 Å². The third-order valence-corrected chi connectivity index (χ3v) is 3.14. The lowest BCUT2D eigenvalue weighted by atomic mass is 10.1. The van der Waals surface area contributed by atoms with Crippen molar-refractivity contribution in [3.63, 3.8) is 0 Å². The fourth-order valence-corrected chi connectivity index (χ4v) is 2.00. The maximum absolute atomic E-state index is 14.0. The molecule has 0 aliphatic carbocycles. The minimum absolute atomic E-state index is 0.153. The van der Waals surface area contributed by atoms with E-state index >= 15 is 0 Å². The minimum Gasteiger partial charge on any atom is -0.508 e. The summed E-state index contributed by atoms with van der Waals surface area (Å²) in [5, 5.41) is 22.8. The second kappa shape index (κ2) is 5.17. The SMILES string of the molecule is C/C=C(\C)c1c(C#N)c(C)nn1-c1ccc(O)cc1F.